The van der Waals surface area contributed by atoms with Crippen molar-refractivity contribution in [1.29, 1.82) is 0 Å². The Kier molecular flexibility index (Phi) is 6.41. The van der Waals surface area contributed by atoms with Gasteiger partial charge in [0.2, 0.25) is 5.91 Å². The Hall–Kier alpha value is -3.48. The van der Waals surface area contributed by atoms with Crippen LogP contribution in [0.25, 0.3) is 10.9 Å². The Bertz CT molecular complexity index is 1290. The van der Waals surface area contributed by atoms with E-state index in [1.807, 2.05) is 60.9 Å². The second-order valence-electron chi connectivity index (χ2n) is 10.3. The van der Waals surface area contributed by atoms with E-state index in [9.17, 15) is 9.59 Å². The van der Waals surface area contributed by atoms with Gasteiger partial charge in [-0.25, -0.2) is 0 Å². The summed E-state index contributed by atoms with van der Waals surface area (Å²) in [6.07, 6.45) is 5.42. The van der Waals surface area contributed by atoms with E-state index in [0.29, 0.717) is 30.3 Å². The van der Waals surface area contributed by atoms with Crippen LogP contribution in [0.2, 0.25) is 0 Å². The smallest absolute Gasteiger partial charge is 0.271 e. The number of hydrogen-bond donors (Lipinski definition) is 1. The molecule has 0 bridgehead atoms. The molecule has 5 rings (SSSR count). The fraction of sp³-hybridized carbons (Fsp3) is 0.448. The van der Waals surface area contributed by atoms with Gasteiger partial charge in [0.1, 0.15) is 22.7 Å². The number of nitrogens with one attached hydrogen (secondary N) is 1. The van der Waals surface area contributed by atoms with E-state index in [0.717, 1.165) is 47.7 Å². The Labute approximate surface area is 212 Å². The summed E-state index contributed by atoms with van der Waals surface area (Å²) in [6.45, 7) is 4.60. The molecule has 0 spiro atoms. The lowest BCUT2D eigenvalue weighted by Crippen LogP contribution is -2.64. The predicted molar refractivity (Wildman–Crippen MR) is 140 cm³/mol. The van der Waals surface area contributed by atoms with Gasteiger partial charge in [-0.3, -0.25) is 9.59 Å². The number of rotatable bonds is 6. The maximum Gasteiger partial charge on any atom is 0.271 e. The second-order valence-corrected chi connectivity index (χ2v) is 10.3. The van der Waals surface area contributed by atoms with Crippen LogP contribution in [-0.4, -0.2) is 47.1 Å². The molecule has 0 radical (unpaired) electrons. The van der Waals surface area contributed by atoms with Crippen molar-refractivity contribution in [2.24, 2.45) is 0 Å². The number of carbonyl (C=O) groups excluding carboxylic acids is 2. The number of hydrogen-bond acceptors (Lipinski definition) is 4. The highest BCUT2D eigenvalue weighted by Gasteiger charge is 2.48. The topological polar surface area (TPSA) is 72.8 Å². The fourth-order valence-electron chi connectivity index (χ4n) is 5.67. The average molecular weight is 490 g/mol. The van der Waals surface area contributed by atoms with E-state index in [-0.39, 0.29) is 17.9 Å². The van der Waals surface area contributed by atoms with Crippen LogP contribution in [0.4, 0.5) is 0 Å². The van der Waals surface area contributed by atoms with Gasteiger partial charge in [-0.1, -0.05) is 49.1 Å². The molecule has 1 aliphatic heterocycles. The van der Waals surface area contributed by atoms with Crippen LogP contribution < -0.4 is 14.8 Å². The van der Waals surface area contributed by atoms with Crippen molar-refractivity contribution >= 4 is 22.7 Å². The summed E-state index contributed by atoms with van der Waals surface area (Å²) in [6, 6.07) is 13.8. The molecule has 36 heavy (non-hydrogen) atoms. The highest BCUT2D eigenvalue weighted by atomic mass is 16.5. The Balaban J connectivity index is 1.61. The standard InChI is InChI=1S/C29H35N3O4/c1-19-10-12-20(13-11-19)17-32-27(33)23-16-22-24(35-3)14-15-25(36-4)26(22)31(23)18-29(32,2)28(34)30-21-8-6-5-7-9-21/h10-16,21H,5-9,17-18H2,1-4H3,(H,30,34). The maximum atomic E-state index is 14.1. The fourth-order valence-corrected chi connectivity index (χ4v) is 5.67. The monoisotopic (exact) mass is 489 g/mol. The minimum Gasteiger partial charge on any atom is -0.496 e. The second kappa shape index (κ2) is 9.52. The van der Waals surface area contributed by atoms with Crippen LogP contribution in [0, 0.1) is 6.92 Å². The zero-order valence-electron chi connectivity index (χ0n) is 21.6. The van der Waals surface area contributed by atoms with Crippen molar-refractivity contribution in [1.82, 2.24) is 14.8 Å². The van der Waals surface area contributed by atoms with E-state index in [2.05, 4.69) is 5.32 Å². The first kappa shape index (κ1) is 24.2. The highest BCUT2D eigenvalue weighted by molar-refractivity contribution is 6.05. The molecule has 2 aromatic carbocycles. The van der Waals surface area contributed by atoms with E-state index >= 15 is 0 Å². The number of ether oxygens (including phenoxy) is 2. The van der Waals surface area contributed by atoms with Gasteiger partial charge in [-0.2, -0.15) is 0 Å². The molecule has 1 unspecified atom stereocenters. The summed E-state index contributed by atoms with van der Waals surface area (Å²) < 4.78 is 13.2. The summed E-state index contributed by atoms with van der Waals surface area (Å²) >= 11 is 0. The highest BCUT2D eigenvalue weighted by Crippen LogP contribution is 2.40. The van der Waals surface area contributed by atoms with Crippen LogP contribution in [0.15, 0.2) is 42.5 Å². The largest absolute Gasteiger partial charge is 0.496 e. The van der Waals surface area contributed by atoms with Crippen LogP contribution >= 0.6 is 0 Å². The first-order chi connectivity index (χ1) is 17.4. The Morgan fingerprint density at radius 1 is 1.03 bits per heavy atom. The zero-order valence-corrected chi connectivity index (χ0v) is 21.6. The lowest BCUT2D eigenvalue weighted by molar-refractivity contribution is -0.134. The first-order valence-electron chi connectivity index (χ1n) is 12.8. The molecule has 1 aromatic heterocycles. The third-order valence-electron chi connectivity index (χ3n) is 7.84. The molecular formula is C29H35N3O4. The predicted octanol–water partition coefficient (Wildman–Crippen LogP) is 4.83. The number of aryl methyl sites for hydroxylation is 1. The van der Waals surface area contributed by atoms with Crippen molar-refractivity contribution in [2.75, 3.05) is 14.2 Å². The number of fused-ring (bicyclic) bond motifs is 3. The summed E-state index contributed by atoms with van der Waals surface area (Å²) in [4.78, 5) is 29.8. The van der Waals surface area contributed by atoms with Gasteiger partial charge in [0.15, 0.2) is 0 Å². The number of aromatic nitrogens is 1. The van der Waals surface area contributed by atoms with Gasteiger partial charge >= 0.3 is 0 Å². The molecule has 0 saturated heterocycles. The number of benzene rings is 2. The SMILES string of the molecule is COc1ccc(OC)c2c1cc1n2CC(C)(C(=O)NC2CCCCC2)N(Cc2ccc(C)cc2)C1=O. The molecule has 1 aliphatic carbocycles. The molecule has 3 aromatic rings. The molecule has 1 atom stereocenters. The van der Waals surface area contributed by atoms with E-state index < -0.39 is 5.54 Å². The summed E-state index contributed by atoms with van der Waals surface area (Å²) in [5.41, 5.74) is 2.37. The van der Waals surface area contributed by atoms with E-state index in [1.54, 1.807) is 19.1 Å². The van der Waals surface area contributed by atoms with Gasteiger partial charge < -0.3 is 24.3 Å². The van der Waals surface area contributed by atoms with E-state index in [1.165, 1.54) is 6.42 Å². The quantitative estimate of drug-likeness (QED) is 0.538. The van der Waals surface area contributed by atoms with Crippen molar-refractivity contribution in [3.05, 3.63) is 59.3 Å². The van der Waals surface area contributed by atoms with Crippen molar-refractivity contribution in [3.8, 4) is 11.5 Å². The normalized spacial score (nSPS) is 20.3. The number of carbonyl (C=O) groups is 2. The van der Waals surface area contributed by atoms with Crippen LogP contribution in [0.3, 0.4) is 0 Å². The van der Waals surface area contributed by atoms with Gasteiger partial charge in [0, 0.05) is 18.0 Å². The third kappa shape index (κ3) is 4.10. The first-order valence-corrected chi connectivity index (χ1v) is 12.8. The average Bonchev–Trinajstić information content (AvgIpc) is 3.27. The number of amides is 2. The minimum absolute atomic E-state index is 0.107. The number of methoxy groups -OCH3 is 2. The zero-order chi connectivity index (χ0) is 25.4. The maximum absolute atomic E-state index is 14.1. The molecule has 1 N–H and O–H groups in total. The molecule has 2 heterocycles. The van der Waals surface area contributed by atoms with E-state index in [4.69, 9.17) is 9.47 Å². The van der Waals surface area contributed by atoms with Gasteiger partial charge in [-0.15, -0.1) is 0 Å². The molecule has 190 valence electrons. The van der Waals surface area contributed by atoms with Crippen molar-refractivity contribution in [2.45, 2.75) is 70.6 Å². The summed E-state index contributed by atoms with van der Waals surface area (Å²) in [7, 11) is 3.23. The molecular weight excluding hydrogens is 454 g/mol. The van der Waals surface area contributed by atoms with Crippen LogP contribution in [-0.2, 0) is 17.9 Å². The van der Waals surface area contributed by atoms with Gasteiger partial charge in [0.05, 0.1) is 26.3 Å². The Morgan fingerprint density at radius 2 is 1.69 bits per heavy atom. The Morgan fingerprint density at radius 3 is 2.36 bits per heavy atom. The molecule has 7 nitrogen and oxygen atoms in total. The third-order valence-corrected chi connectivity index (χ3v) is 7.84. The number of nitrogens with zero attached hydrogens (tertiary/aromatic N) is 2. The van der Waals surface area contributed by atoms with Crippen molar-refractivity contribution < 1.29 is 19.1 Å². The summed E-state index contributed by atoms with van der Waals surface area (Å²) in [5, 5.41) is 4.09. The van der Waals surface area contributed by atoms with Crippen LogP contribution in [0.1, 0.15) is 60.6 Å². The van der Waals surface area contributed by atoms with Gasteiger partial charge in [-0.05, 0) is 50.5 Å². The van der Waals surface area contributed by atoms with Crippen molar-refractivity contribution in [3.63, 3.8) is 0 Å². The lowest BCUT2D eigenvalue weighted by atomic mass is 9.91. The molecule has 2 amide bonds. The van der Waals surface area contributed by atoms with Gasteiger partial charge in [0.25, 0.3) is 5.91 Å². The molecule has 1 fully saturated rings. The molecule has 2 aliphatic rings. The molecule has 7 heteroatoms. The van der Waals surface area contributed by atoms with Crippen LogP contribution in [0.5, 0.6) is 11.5 Å². The summed E-state index contributed by atoms with van der Waals surface area (Å²) in [5.74, 6) is 1.03. The lowest BCUT2D eigenvalue weighted by Gasteiger charge is -2.45. The minimum atomic E-state index is -1.08. The molecule has 1 saturated carbocycles.